The molecule has 0 aromatic heterocycles. The molecule has 0 atom stereocenters. The van der Waals surface area contributed by atoms with Crippen LogP contribution in [0.2, 0.25) is 6.55 Å². The second-order valence-corrected chi connectivity index (χ2v) is 4.00. The molecule has 0 unspecified atom stereocenters. The summed E-state index contributed by atoms with van der Waals surface area (Å²) in [5.74, 6) is 0. The van der Waals surface area contributed by atoms with Crippen LogP contribution in [0, 0.1) is 0 Å². The largest absolute Gasteiger partial charge is 0.397 e. The molecule has 0 saturated carbocycles. The van der Waals surface area contributed by atoms with Crippen LogP contribution in [-0.2, 0) is 13.6 Å². The molecule has 0 aliphatic heterocycles. The van der Waals surface area contributed by atoms with Gasteiger partial charge in [0, 0.05) is 13.2 Å². The summed E-state index contributed by atoms with van der Waals surface area (Å²) in [6, 6.07) is 0. The number of hydrogen-bond acceptors (Lipinski definition) is 4. The van der Waals surface area contributed by atoms with E-state index in [-0.39, 0.29) is 0 Å². The van der Waals surface area contributed by atoms with Gasteiger partial charge in [0.2, 0.25) is 6.08 Å². The van der Waals surface area contributed by atoms with Crippen LogP contribution in [0.3, 0.4) is 0 Å². The lowest BCUT2D eigenvalue weighted by Crippen LogP contribution is -2.17. The van der Waals surface area contributed by atoms with Gasteiger partial charge in [-0.2, -0.15) is 0 Å². The molecule has 82 valence electrons. The number of isocyanates is 1. The minimum atomic E-state index is -1.20. The second kappa shape index (κ2) is 14.8. The summed E-state index contributed by atoms with van der Waals surface area (Å²) in [6.07, 6.45) is 2.90. The van der Waals surface area contributed by atoms with E-state index in [0.29, 0.717) is 6.54 Å². The van der Waals surface area contributed by atoms with Crippen molar-refractivity contribution in [2.75, 3.05) is 19.8 Å². The number of aliphatic imine (C=N–C) groups is 1. The lowest BCUT2D eigenvalue weighted by atomic mass is 10.7. The summed E-state index contributed by atoms with van der Waals surface area (Å²) in [7, 11) is -1.20. The van der Waals surface area contributed by atoms with Gasteiger partial charge in [-0.05, 0) is 20.4 Å². The van der Waals surface area contributed by atoms with E-state index >= 15 is 0 Å². The fourth-order valence-electron chi connectivity index (χ4n) is 0.619. The van der Waals surface area contributed by atoms with Crippen LogP contribution in [0.4, 0.5) is 0 Å². The van der Waals surface area contributed by atoms with Crippen molar-refractivity contribution < 1.29 is 13.6 Å². The van der Waals surface area contributed by atoms with Gasteiger partial charge in [0.25, 0.3) is 0 Å². The Morgan fingerprint density at radius 1 is 1.43 bits per heavy atom. The topological polar surface area (TPSA) is 47.9 Å². The maximum atomic E-state index is 9.22. The van der Waals surface area contributed by atoms with Crippen LogP contribution in [0.25, 0.3) is 0 Å². The first-order chi connectivity index (χ1) is 6.72. The summed E-state index contributed by atoms with van der Waals surface area (Å²) in [4.78, 5) is 12.4. The van der Waals surface area contributed by atoms with Crippen LogP contribution < -0.4 is 0 Å². The zero-order valence-electron chi connectivity index (χ0n) is 9.16. The first kappa shape index (κ1) is 15.7. The van der Waals surface area contributed by atoms with Gasteiger partial charge in [-0.25, -0.2) is 9.79 Å². The Morgan fingerprint density at radius 3 is 2.14 bits per heavy atom. The molecule has 0 rings (SSSR count). The van der Waals surface area contributed by atoms with Crippen molar-refractivity contribution in [1.82, 2.24) is 0 Å². The third kappa shape index (κ3) is 17.4. The number of carbonyl (C=O) groups excluding carboxylic acids is 1. The van der Waals surface area contributed by atoms with Crippen LogP contribution in [0.15, 0.2) is 17.6 Å². The molecule has 0 saturated heterocycles. The third-order valence-corrected chi connectivity index (χ3v) is 2.69. The summed E-state index contributed by atoms with van der Waals surface area (Å²) in [5, 5.41) is 0. The standard InChI is InChI=1S/C5H14O2Si.C4H5NO/c1-4-6-8(3)7-5-2;1-2-3-5-4-6/h8H,4-5H2,1-3H3;2H,1,3H2. The average molecular weight is 217 g/mol. The SMILES string of the molecule is C=CCN=C=O.CCO[SiH](C)OCC. The molecule has 0 fully saturated rings. The van der Waals surface area contributed by atoms with Gasteiger partial charge in [-0.15, -0.1) is 6.58 Å². The highest BCUT2D eigenvalue weighted by Crippen LogP contribution is 1.85. The highest BCUT2D eigenvalue weighted by atomic mass is 28.3. The molecule has 0 aliphatic carbocycles. The maximum absolute atomic E-state index is 9.22. The lowest BCUT2D eigenvalue weighted by Gasteiger charge is -2.07. The smallest absolute Gasteiger partial charge is 0.318 e. The Labute approximate surface area is 87.5 Å². The Hall–Kier alpha value is -0.743. The van der Waals surface area contributed by atoms with Gasteiger partial charge in [0.05, 0.1) is 6.54 Å². The van der Waals surface area contributed by atoms with Crippen LogP contribution in [0.1, 0.15) is 13.8 Å². The molecular weight excluding hydrogens is 198 g/mol. The predicted molar refractivity (Wildman–Crippen MR) is 59.5 cm³/mol. The second-order valence-electron chi connectivity index (χ2n) is 2.20. The number of rotatable bonds is 6. The van der Waals surface area contributed by atoms with Crippen LogP contribution in [0.5, 0.6) is 0 Å². The molecule has 4 nitrogen and oxygen atoms in total. The monoisotopic (exact) mass is 217 g/mol. The number of nitrogens with zero attached hydrogens (tertiary/aromatic N) is 1. The first-order valence-electron chi connectivity index (χ1n) is 4.60. The molecule has 0 aromatic rings. The molecule has 0 amide bonds. The fraction of sp³-hybridized carbons (Fsp3) is 0.667. The molecule has 14 heavy (non-hydrogen) atoms. The average Bonchev–Trinajstić information content (AvgIpc) is 2.16. The summed E-state index contributed by atoms with van der Waals surface area (Å²) in [6.45, 7) is 11.3. The molecule has 0 radical (unpaired) electrons. The van der Waals surface area contributed by atoms with Crippen molar-refractivity contribution in [3.8, 4) is 0 Å². The molecule has 0 heterocycles. The minimum Gasteiger partial charge on any atom is -0.397 e. The maximum Gasteiger partial charge on any atom is 0.318 e. The van der Waals surface area contributed by atoms with Crippen molar-refractivity contribution in [1.29, 1.82) is 0 Å². The van der Waals surface area contributed by atoms with Crippen LogP contribution >= 0.6 is 0 Å². The van der Waals surface area contributed by atoms with Crippen LogP contribution in [-0.4, -0.2) is 35.1 Å². The van der Waals surface area contributed by atoms with E-state index in [4.69, 9.17) is 8.85 Å². The third-order valence-electron chi connectivity index (χ3n) is 1.09. The van der Waals surface area contributed by atoms with Gasteiger partial charge in [-0.3, -0.25) is 0 Å². The quantitative estimate of drug-likeness (QED) is 0.292. The van der Waals surface area contributed by atoms with Crippen molar-refractivity contribution >= 4 is 15.4 Å². The summed E-state index contributed by atoms with van der Waals surface area (Å²) in [5.41, 5.74) is 0. The zero-order valence-corrected chi connectivity index (χ0v) is 10.3. The molecule has 5 heteroatoms. The Balaban J connectivity index is 0. The molecule has 0 spiro atoms. The Kier molecular flexibility index (Phi) is 16.6. The highest BCUT2D eigenvalue weighted by molar-refractivity contribution is 6.42. The Morgan fingerprint density at radius 2 is 1.93 bits per heavy atom. The molecule has 0 aliphatic rings. The molecule has 0 bridgehead atoms. The van der Waals surface area contributed by atoms with E-state index in [1.54, 1.807) is 0 Å². The highest BCUT2D eigenvalue weighted by Gasteiger charge is 1.99. The zero-order chi connectivity index (χ0) is 11.2. The van der Waals surface area contributed by atoms with Gasteiger partial charge in [0.1, 0.15) is 0 Å². The van der Waals surface area contributed by atoms with Gasteiger partial charge < -0.3 is 8.85 Å². The normalized spacial score (nSPS) is 8.57. The Bertz CT molecular complexity index is 163. The van der Waals surface area contributed by atoms with E-state index in [1.165, 1.54) is 12.2 Å². The minimum absolute atomic E-state index is 0.378. The van der Waals surface area contributed by atoms with E-state index in [0.717, 1.165) is 13.2 Å². The summed E-state index contributed by atoms with van der Waals surface area (Å²) >= 11 is 0. The van der Waals surface area contributed by atoms with E-state index in [2.05, 4.69) is 11.6 Å². The fourth-order valence-corrected chi connectivity index (χ4v) is 1.65. The van der Waals surface area contributed by atoms with Gasteiger partial charge in [-0.1, -0.05) is 6.08 Å². The van der Waals surface area contributed by atoms with Crippen molar-refractivity contribution in [3.63, 3.8) is 0 Å². The predicted octanol–water partition coefficient (Wildman–Crippen LogP) is 1.42. The molecule has 0 N–H and O–H groups in total. The summed E-state index contributed by atoms with van der Waals surface area (Å²) < 4.78 is 10.4. The molecular formula is C9H19NO3Si. The van der Waals surface area contributed by atoms with Crippen molar-refractivity contribution in [2.45, 2.75) is 20.4 Å². The van der Waals surface area contributed by atoms with E-state index < -0.39 is 9.28 Å². The molecule has 0 aromatic carbocycles. The van der Waals surface area contributed by atoms with Crippen molar-refractivity contribution in [3.05, 3.63) is 12.7 Å². The van der Waals surface area contributed by atoms with Gasteiger partial charge in [0.15, 0.2) is 0 Å². The van der Waals surface area contributed by atoms with E-state index in [9.17, 15) is 4.79 Å². The lowest BCUT2D eigenvalue weighted by molar-refractivity contribution is 0.219. The van der Waals surface area contributed by atoms with Crippen molar-refractivity contribution in [2.24, 2.45) is 4.99 Å². The number of hydrogen-bond donors (Lipinski definition) is 0. The van der Waals surface area contributed by atoms with E-state index in [1.807, 2.05) is 20.4 Å². The first-order valence-corrected chi connectivity index (χ1v) is 6.70. The van der Waals surface area contributed by atoms with Gasteiger partial charge >= 0.3 is 9.28 Å².